The summed E-state index contributed by atoms with van der Waals surface area (Å²) in [6.07, 6.45) is 4.67. The Hall–Kier alpha value is -0.740. The minimum Gasteiger partial charge on any atom is -0.369 e. The Morgan fingerprint density at radius 1 is 1.25 bits per heavy atom. The van der Waals surface area contributed by atoms with Crippen LogP contribution >= 0.6 is 11.6 Å². The molecular weight excluding hydrogens is 294 g/mol. The lowest BCUT2D eigenvalue weighted by Crippen LogP contribution is -2.41. The van der Waals surface area contributed by atoms with Crippen molar-refractivity contribution in [2.45, 2.75) is 43.5 Å². The molecule has 3 nitrogen and oxygen atoms in total. The monoisotopic (exact) mass is 315 g/mol. The summed E-state index contributed by atoms with van der Waals surface area (Å²) in [6.45, 7) is 2.61. The van der Waals surface area contributed by atoms with Crippen molar-refractivity contribution < 1.29 is 8.42 Å². The molecule has 1 fully saturated rings. The van der Waals surface area contributed by atoms with Crippen molar-refractivity contribution >= 4 is 27.1 Å². The SMILES string of the molecule is CCS(=O)(=O)c1ccc(N(CCCCl)C2CCC2)cc1. The van der Waals surface area contributed by atoms with Crippen LogP contribution in [0.4, 0.5) is 5.69 Å². The number of sulfone groups is 1. The van der Waals surface area contributed by atoms with Gasteiger partial charge in [-0.1, -0.05) is 6.92 Å². The van der Waals surface area contributed by atoms with Gasteiger partial charge < -0.3 is 4.90 Å². The molecule has 0 amide bonds. The molecule has 2 rings (SSSR count). The molecule has 0 bridgehead atoms. The summed E-state index contributed by atoms with van der Waals surface area (Å²) in [6, 6.07) is 7.89. The van der Waals surface area contributed by atoms with Gasteiger partial charge in [-0.05, 0) is 49.9 Å². The van der Waals surface area contributed by atoms with Gasteiger partial charge in [0.2, 0.25) is 0 Å². The Morgan fingerprint density at radius 2 is 1.90 bits per heavy atom. The smallest absolute Gasteiger partial charge is 0.178 e. The highest BCUT2D eigenvalue weighted by Crippen LogP contribution is 2.30. The lowest BCUT2D eigenvalue weighted by Gasteiger charge is -2.39. The van der Waals surface area contributed by atoms with Crippen molar-refractivity contribution in [2.24, 2.45) is 0 Å². The van der Waals surface area contributed by atoms with E-state index in [4.69, 9.17) is 11.6 Å². The third-order valence-electron chi connectivity index (χ3n) is 3.96. The largest absolute Gasteiger partial charge is 0.369 e. The van der Waals surface area contributed by atoms with Crippen molar-refractivity contribution in [3.63, 3.8) is 0 Å². The third kappa shape index (κ3) is 3.47. The normalized spacial score (nSPS) is 15.9. The van der Waals surface area contributed by atoms with Crippen LogP contribution in [-0.4, -0.2) is 32.6 Å². The molecule has 0 saturated heterocycles. The number of benzene rings is 1. The molecule has 0 radical (unpaired) electrons. The maximum atomic E-state index is 11.8. The lowest BCUT2D eigenvalue weighted by atomic mass is 9.91. The Morgan fingerprint density at radius 3 is 2.35 bits per heavy atom. The number of rotatable bonds is 7. The molecule has 0 atom stereocenters. The summed E-state index contributed by atoms with van der Waals surface area (Å²) in [4.78, 5) is 2.78. The first-order chi connectivity index (χ1) is 9.58. The average molecular weight is 316 g/mol. The van der Waals surface area contributed by atoms with E-state index in [9.17, 15) is 8.42 Å². The van der Waals surface area contributed by atoms with Gasteiger partial charge in [0.05, 0.1) is 10.6 Å². The van der Waals surface area contributed by atoms with E-state index in [1.54, 1.807) is 19.1 Å². The van der Waals surface area contributed by atoms with Gasteiger partial charge in [0.25, 0.3) is 0 Å². The number of halogens is 1. The number of anilines is 1. The van der Waals surface area contributed by atoms with Gasteiger partial charge in [-0.25, -0.2) is 8.42 Å². The molecular formula is C15H22ClNO2S. The summed E-state index contributed by atoms with van der Waals surface area (Å²) in [5, 5.41) is 0. The second kappa shape index (κ2) is 6.81. The van der Waals surface area contributed by atoms with Crippen LogP contribution in [0.1, 0.15) is 32.6 Å². The van der Waals surface area contributed by atoms with E-state index in [1.807, 2.05) is 12.1 Å². The van der Waals surface area contributed by atoms with Crippen LogP contribution in [0.5, 0.6) is 0 Å². The van der Waals surface area contributed by atoms with Crippen LogP contribution in [0.2, 0.25) is 0 Å². The summed E-state index contributed by atoms with van der Waals surface area (Å²) >= 11 is 5.80. The number of hydrogen-bond donors (Lipinski definition) is 0. The Kier molecular flexibility index (Phi) is 5.33. The number of hydrogen-bond acceptors (Lipinski definition) is 3. The minimum atomic E-state index is -3.11. The maximum Gasteiger partial charge on any atom is 0.178 e. The maximum absolute atomic E-state index is 11.8. The fourth-order valence-corrected chi connectivity index (χ4v) is 3.47. The lowest BCUT2D eigenvalue weighted by molar-refractivity contribution is 0.386. The summed E-state index contributed by atoms with van der Waals surface area (Å²) in [5.41, 5.74) is 1.11. The van der Waals surface area contributed by atoms with Crippen LogP contribution in [-0.2, 0) is 9.84 Å². The zero-order valence-corrected chi connectivity index (χ0v) is 13.5. The zero-order valence-electron chi connectivity index (χ0n) is 11.9. The molecule has 1 aliphatic carbocycles. The van der Waals surface area contributed by atoms with Crippen LogP contribution in [0.25, 0.3) is 0 Å². The van der Waals surface area contributed by atoms with E-state index in [1.165, 1.54) is 19.3 Å². The van der Waals surface area contributed by atoms with Crippen LogP contribution < -0.4 is 4.90 Å². The van der Waals surface area contributed by atoms with E-state index in [-0.39, 0.29) is 5.75 Å². The van der Waals surface area contributed by atoms with Gasteiger partial charge in [0, 0.05) is 24.2 Å². The fourth-order valence-electron chi connectivity index (χ4n) is 2.46. The van der Waals surface area contributed by atoms with E-state index in [0.29, 0.717) is 16.8 Å². The molecule has 0 heterocycles. The standard InChI is InChI=1S/C15H22ClNO2S/c1-2-20(18,19)15-9-7-14(8-10-15)17(12-4-11-16)13-5-3-6-13/h7-10,13H,2-6,11-12H2,1H3. The van der Waals surface area contributed by atoms with Gasteiger partial charge in [0.15, 0.2) is 9.84 Å². The summed E-state index contributed by atoms with van der Waals surface area (Å²) < 4.78 is 23.6. The second-order valence-corrected chi connectivity index (χ2v) is 7.87. The highest BCUT2D eigenvalue weighted by molar-refractivity contribution is 7.91. The molecule has 1 aromatic carbocycles. The predicted octanol–water partition coefficient (Wildman–Crippen LogP) is 3.47. The molecule has 0 N–H and O–H groups in total. The predicted molar refractivity (Wildman–Crippen MR) is 84.5 cm³/mol. The first-order valence-corrected chi connectivity index (χ1v) is 9.42. The molecule has 0 aromatic heterocycles. The van der Waals surface area contributed by atoms with Crippen molar-refractivity contribution in [3.05, 3.63) is 24.3 Å². The van der Waals surface area contributed by atoms with Crippen LogP contribution in [0.3, 0.4) is 0 Å². The molecule has 112 valence electrons. The van der Waals surface area contributed by atoms with Gasteiger partial charge in [-0.3, -0.25) is 0 Å². The van der Waals surface area contributed by atoms with Crippen LogP contribution in [0.15, 0.2) is 29.2 Å². The van der Waals surface area contributed by atoms with Gasteiger partial charge in [-0.15, -0.1) is 11.6 Å². The fraction of sp³-hybridized carbons (Fsp3) is 0.600. The Labute approximate surface area is 126 Å². The Bertz CT molecular complexity index is 523. The van der Waals surface area contributed by atoms with E-state index < -0.39 is 9.84 Å². The highest BCUT2D eigenvalue weighted by atomic mass is 35.5. The summed E-state index contributed by atoms with van der Waals surface area (Å²) in [7, 11) is -3.11. The minimum absolute atomic E-state index is 0.144. The van der Waals surface area contributed by atoms with E-state index in [0.717, 1.165) is 18.7 Å². The average Bonchev–Trinajstić information content (AvgIpc) is 2.41. The van der Waals surface area contributed by atoms with Crippen LogP contribution in [0, 0.1) is 0 Å². The molecule has 20 heavy (non-hydrogen) atoms. The van der Waals surface area contributed by atoms with Crippen molar-refractivity contribution in [1.29, 1.82) is 0 Å². The molecule has 0 aliphatic heterocycles. The topological polar surface area (TPSA) is 37.4 Å². The number of nitrogens with zero attached hydrogens (tertiary/aromatic N) is 1. The van der Waals surface area contributed by atoms with Gasteiger partial charge >= 0.3 is 0 Å². The van der Waals surface area contributed by atoms with Crippen molar-refractivity contribution in [3.8, 4) is 0 Å². The third-order valence-corrected chi connectivity index (χ3v) is 5.97. The molecule has 0 spiro atoms. The zero-order chi connectivity index (χ0) is 14.6. The first-order valence-electron chi connectivity index (χ1n) is 7.24. The van der Waals surface area contributed by atoms with Crippen molar-refractivity contribution in [1.82, 2.24) is 0 Å². The second-order valence-electron chi connectivity index (χ2n) is 5.22. The molecule has 1 aliphatic rings. The summed E-state index contributed by atoms with van der Waals surface area (Å²) in [5.74, 6) is 0.802. The van der Waals surface area contributed by atoms with Gasteiger partial charge in [0.1, 0.15) is 0 Å². The number of alkyl halides is 1. The van der Waals surface area contributed by atoms with E-state index >= 15 is 0 Å². The van der Waals surface area contributed by atoms with Crippen molar-refractivity contribution in [2.75, 3.05) is 23.1 Å². The molecule has 1 aromatic rings. The molecule has 0 unspecified atom stereocenters. The highest BCUT2D eigenvalue weighted by Gasteiger charge is 2.25. The van der Waals surface area contributed by atoms with Gasteiger partial charge in [-0.2, -0.15) is 0 Å². The Balaban J connectivity index is 2.17. The quantitative estimate of drug-likeness (QED) is 0.723. The molecule has 5 heteroatoms. The molecule has 1 saturated carbocycles. The van der Waals surface area contributed by atoms with E-state index in [2.05, 4.69) is 4.90 Å². The first kappa shape index (κ1) is 15.6.